The quantitative estimate of drug-likeness (QED) is 0.750. The minimum atomic E-state index is -0.928. The van der Waals surface area contributed by atoms with Gasteiger partial charge in [0.05, 0.1) is 5.69 Å². The highest BCUT2D eigenvalue weighted by molar-refractivity contribution is 7.20. The molecule has 0 fully saturated rings. The van der Waals surface area contributed by atoms with Crippen molar-refractivity contribution in [1.29, 1.82) is 0 Å². The van der Waals surface area contributed by atoms with Crippen molar-refractivity contribution >= 4 is 27.7 Å². The van der Waals surface area contributed by atoms with E-state index in [4.69, 9.17) is 5.11 Å². The minimum absolute atomic E-state index is 0.278. The van der Waals surface area contributed by atoms with E-state index in [0.717, 1.165) is 17.0 Å². The van der Waals surface area contributed by atoms with Crippen LogP contribution in [0.2, 0.25) is 0 Å². The van der Waals surface area contributed by atoms with E-state index < -0.39 is 5.97 Å². The van der Waals surface area contributed by atoms with Crippen LogP contribution in [-0.4, -0.2) is 21.0 Å². The molecule has 66 valence electrons. The van der Waals surface area contributed by atoms with Crippen LogP contribution in [0.4, 0.5) is 0 Å². The molecule has 0 radical (unpaired) electrons. The Balaban J connectivity index is 2.68. The number of aromatic nitrogens is 2. The molecule has 1 N–H and O–H groups in total. The molecule has 4 nitrogen and oxygen atoms in total. The fraction of sp³-hybridized carbons (Fsp3) is 0.125. The maximum absolute atomic E-state index is 10.6. The van der Waals surface area contributed by atoms with E-state index in [2.05, 4.69) is 9.97 Å². The minimum Gasteiger partial charge on any atom is -0.477 e. The van der Waals surface area contributed by atoms with E-state index in [1.54, 1.807) is 6.20 Å². The molecule has 5 heteroatoms. The van der Waals surface area contributed by atoms with Gasteiger partial charge in [0.25, 0.3) is 0 Å². The van der Waals surface area contributed by atoms with Gasteiger partial charge in [0.2, 0.25) is 0 Å². The molecular formula is C8H6N2O2S. The number of fused-ring (bicyclic) bond motifs is 1. The summed E-state index contributed by atoms with van der Waals surface area (Å²) in [6.45, 7) is 1.83. The molecule has 0 aromatic carbocycles. The second-order valence-electron chi connectivity index (χ2n) is 2.62. The standard InChI is InChI=1S/C8H6N2O2S/c1-4-3-9-5-2-6(8(11)12)13-7(5)10-4/h2-3H,1H3,(H,11,12). The third kappa shape index (κ3) is 1.38. The van der Waals surface area contributed by atoms with Gasteiger partial charge in [-0.2, -0.15) is 0 Å². The molecule has 0 aliphatic heterocycles. The normalized spacial score (nSPS) is 10.5. The number of nitrogens with zero attached hydrogens (tertiary/aromatic N) is 2. The monoisotopic (exact) mass is 194 g/mol. The first-order valence-corrected chi connectivity index (χ1v) is 4.45. The van der Waals surface area contributed by atoms with Crippen LogP contribution in [0.25, 0.3) is 10.3 Å². The van der Waals surface area contributed by atoms with Gasteiger partial charge in [-0.15, -0.1) is 11.3 Å². The predicted octanol–water partition coefficient (Wildman–Crippen LogP) is 1.70. The van der Waals surface area contributed by atoms with Crippen LogP contribution in [0.15, 0.2) is 12.3 Å². The molecule has 0 saturated carbocycles. The molecule has 0 saturated heterocycles. The molecule has 0 aliphatic rings. The fourth-order valence-electron chi connectivity index (χ4n) is 1.00. The SMILES string of the molecule is Cc1cnc2cc(C(=O)O)sc2n1. The van der Waals surface area contributed by atoms with E-state index in [-0.39, 0.29) is 4.88 Å². The maximum atomic E-state index is 10.6. The molecule has 2 heterocycles. The predicted molar refractivity (Wildman–Crippen MR) is 49.1 cm³/mol. The summed E-state index contributed by atoms with van der Waals surface area (Å²) in [5.74, 6) is -0.928. The second-order valence-corrected chi connectivity index (χ2v) is 3.65. The molecule has 0 bridgehead atoms. The number of carbonyl (C=O) groups is 1. The lowest BCUT2D eigenvalue weighted by atomic mass is 10.4. The van der Waals surface area contributed by atoms with E-state index in [9.17, 15) is 4.79 Å². The van der Waals surface area contributed by atoms with Crippen LogP contribution in [0.1, 0.15) is 15.4 Å². The Morgan fingerprint density at radius 2 is 2.38 bits per heavy atom. The third-order valence-corrected chi connectivity index (χ3v) is 2.58. The van der Waals surface area contributed by atoms with Crippen molar-refractivity contribution in [1.82, 2.24) is 9.97 Å². The molecule has 2 rings (SSSR count). The fourth-order valence-corrected chi connectivity index (χ4v) is 1.87. The molecule has 13 heavy (non-hydrogen) atoms. The van der Waals surface area contributed by atoms with Crippen molar-refractivity contribution in [3.8, 4) is 0 Å². The van der Waals surface area contributed by atoms with E-state index in [1.807, 2.05) is 6.92 Å². The number of thiophene rings is 1. The van der Waals surface area contributed by atoms with Crippen molar-refractivity contribution in [3.05, 3.63) is 22.8 Å². The highest BCUT2D eigenvalue weighted by atomic mass is 32.1. The Kier molecular flexibility index (Phi) is 1.73. The molecular weight excluding hydrogens is 188 g/mol. The molecule has 2 aromatic heterocycles. The van der Waals surface area contributed by atoms with Crippen molar-refractivity contribution in [2.24, 2.45) is 0 Å². The number of rotatable bonds is 1. The van der Waals surface area contributed by atoms with E-state index in [1.165, 1.54) is 6.07 Å². The van der Waals surface area contributed by atoms with Gasteiger partial charge < -0.3 is 5.11 Å². The summed E-state index contributed by atoms with van der Waals surface area (Å²) in [5.41, 5.74) is 1.44. The Morgan fingerprint density at radius 1 is 1.62 bits per heavy atom. The number of carboxylic acids is 1. The largest absolute Gasteiger partial charge is 0.477 e. The first-order chi connectivity index (χ1) is 6.16. The molecule has 0 unspecified atom stereocenters. The maximum Gasteiger partial charge on any atom is 0.346 e. The van der Waals surface area contributed by atoms with Gasteiger partial charge in [0.15, 0.2) is 0 Å². The van der Waals surface area contributed by atoms with Crippen molar-refractivity contribution in [2.75, 3.05) is 0 Å². The molecule has 0 spiro atoms. The second kappa shape index (κ2) is 2.77. The zero-order chi connectivity index (χ0) is 9.42. The highest BCUT2D eigenvalue weighted by Gasteiger charge is 2.09. The number of hydrogen-bond acceptors (Lipinski definition) is 4. The summed E-state index contributed by atoms with van der Waals surface area (Å²) in [4.78, 5) is 19.8. The van der Waals surface area contributed by atoms with Crippen LogP contribution in [0, 0.1) is 6.92 Å². The van der Waals surface area contributed by atoms with Crippen LogP contribution >= 0.6 is 11.3 Å². The van der Waals surface area contributed by atoms with E-state index in [0.29, 0.717) is 10.3 Å². The third-order valence-electron chi connectivity index (χ3n) is 1.57. The first kappa shape index (κ1) is 8.12. The van der Waals surface area contributed by atoms with Gasteiger partial charge in [0.1, 0.15) is 15.2 Å². The lowest BCUT2D eigenvalue weighted by molar-refractivity contribution is 0.0702. The van der Waals surface area contributed by atoms with Crippen molar-refractivity contribution in [3.63, 3.8) is 0 Å². The van der Waals surface area contributed by atoms with Gasteiger partial charge in [-0.25, -0.2) is 9.78 Å². The van der Waals surface area contributed by atoms with Gasteiger partial charge in [-0.3, -0.25) is 4.98 Å². The van der Waals surface area contributed by atoms with Crippen LogP contribution in [-0.2, 0) is 0 Å². The molecule has 0 atom stereocenters. The van der Waals surface area contributed by atoms with E-state index >= 15 is 0 Å². The van der Waals surface area contributed by atoms with Crippen LogP contribution in [0.5, 0.6) is 0 Å². The van der Waals surface area contributed by atoms with Gasteiger partial charge in [-0.1, -0.05) is 0 Å². The highest BCUT2D eigenvalue weighted by Crippen LogP contribution is 2.21. The smallest absolute Gasteiger partial charge is 0.346 e. The zero-order valence-electron chi connectivity index (χ0n) is 6.81. The van der Waals surface area contributed by atoms with Crippen molar-refractivity contribution in [2.45, 2.75) is 6.92 Å². The molecule has 0 amide bonds. The zero-order valence-corrected chi connectivity index (χ0v) is 7.63. The molecule has 0 aliphatic carbocycles. The number of carboxylic acid groups (broad SMARTS) is 1. The van der Waals surface area contributed by atoms with Crippen molar-refractivity contribution < 1.29 is 9.90 Å². The number of hydrogen-bond donors (Lipinski definition) is 1. The number of aryl methyl sites for hydroxylation is 1. The molecule has 2 aromatic rings. The summed E-state index contributed by atoms with van der Waals surface area (Å²) in [5, 5.41) is 8.71. The van der Waals surface area contributed by atoms with Gasteiger partial charge in [0, 0.05) is 6.20 Å². The lowest BCUT2D eigenvalue weighted by Crippen LogP contribution is -1.89. The average Bonchev–Trinajstić information content (AvgIpc) is 2.46. The van der Waals surface area contributed by atoms with Crippen LogP contribution < -0.4 is 0 Å². The Morgan fingerprint density at radius 3 is 3.08 bits per heavy atom. The number of aromatic carboxylic acids is 1. The summed E-state index contributed by atoms with van der Waals surface area (Å²) in [6, 6.07) is 1.54. The van der Waals surface area contributed by atoms with Crippen LogP contribution in [0.3, 0.4) is 0 Å². The Hall–Kier alpha value is -1.49. The summed E-state index contributed by atoms with van der Waals surface area (Å²) in [7, 11) is 0. The summed E-state index contributed by atoms with van der Waals surface area (Å²) >= 11 is 1.15. The average molecular weight is 194 g/mol. The topological polar surface area (TPSA) is 63.1 Å². The van der Waals surface area contributed by atoms with Gasteiger partial charge in [-0.05, 0) is 13.0 Å². The first-order valence-electron chi connectivity index (χ1n) is 3.63. The van der Waals surface area contributed by atoms with Gasteiger partial charge >= 0.3 is 5.97 Å². The lowest BCUT2D eigenvalue weighted by Gasteiger charge is -1.88. The Bertz CT molecular complexity index is 478. The summed E-state index contributed by atoms with van der Waals surface area (Å²) < 4.78 is 0. The Labute approximate surface area is 77.9 Å². The summed E-state index contributed by atoms with van der Waals surface area (Å²) in [6.07, 6.45) is 1.63.